The van der Waals surface area contributed by atoms with E-state index in [1.807, 2.05) is 25.1 Å². The fraction of sp³-hybridized carbons (Fsp3) is 0.700. The number of nitrogens with zero attached hydrogens (tertiary/aromatic N) is 3. The normalized spacial score (nSPS) is 29.8. The van der Waals surface area contributed by atoms with Gasteiger partial charge in [-0.05, 0) is 35.8 Å². The van der Waals surface area contributed by atoms with E-state index in [1.54, 1.807) is 0 Å². The number of rotatable bonds is 9. The van der Waals surface area contributed by atoms with Crippen LogP contribution in [0.25, 0.3) is 10.4 Å². The van der Waals surface area contributed by atoms with Crippen LogP contribution in [0.3, 0.4) is 0 Å². The molecule has 1 aliphatic rings. The number of hydrogen-bond acceptors (Lipinski definition) is 4. The molecule has 1 heterocycles. The van der Waals surface area contributed by atoms with Gasteiger partial charge in [-0.2, -0.15) is 0 Å². The summed E-state index contributed by atoms with van der Waals surface area (Å²) in [4.78, 5) is 2.78. The van der Waals surface area contributed by atoms with Crippen molar-refractivity contribution >= 4 is 0 Å². The summed E-state index contributed by atoms with van der Waals surface area (Å²) < 4.78 is 18.2. The molecule has 1 fully saturated rings. The van der Waals surface area contributed by atoms with Gasteiger partial charge in [0.2, 0.25) is 0 Å². The van der Waals surface area contributed by atoms with Gasteiger partial charge in [-0.3, -0.25) is 0 Å². The lowest BCUT2D eigenvalue weighted by Gasteiger charge is -2.43. The van der Waals surface area contributed by atoms with Gasteiger partial charge in [0, 0.05) is 18.1 Å². The van der Waals surface area contributed by atoms with Crippen molar-refractivity contribution in [1.82, 2.24) is 0 Å². The van der Waals surface area contributed by atoms with Crippen molar-refractivity contribution in [3.8, 4) is 0 Å². The second-order valence-electron chi connectivity index (χ2n) is 7.42. The molecule has 4 unspecified atom stereocenters. The van der Waals surface area contributed by atoms with Gasteiger partial charge in [-0.15, -0.1) is 0 Å². The molecule has 6 atom stereocenters. The van der Waals surface area contributed by atoms with Gasteiger partial charge in [0.25, 0.3) is 0 Å². The second kappa shape index (κ2) is 10.5. The molecule has 0 N–H and O–H groups in total. The van der Waals surface area contributed by atoms with Crippen LogP contribution in [-0.4, -0.2) is 38.1 Å². The Hall–Kier alpha value is -1.59. The Bertz CT molecular complexity index is 577. The first-order chi connectivity index (χ1) is 12.5. The summed E-state index contributed by atoms with van der Waals surface area (Å²) in [5.74, 6) is 0.942. The van der Waals surface area contributed by atoms with E-state index in [2.05, 4.69) is 42.9 Å². The van der Waals surface area contributed by atoms with E-state index in [0.29, 0.717) is 38.2 Å². The number of hydrogen-bond donors (Lipinski definition) is 0. The van der Waals surface area contributed by atoms with Crippen molar-refractivity contribution in [3.05, 3.63) is 46.3 Å². The van der Waals surface area contributed by atoms with E-state index in [-0.39, 0.29) is 24.2 Å². The van der Waals surface area contributed by atoms with Crippen molar-refractivity contribution in [2.24, 2.45) is 22.9 Å². The van der Waals surface area contributed by atoms with Crippen LogP contribution in [-0.2, 0) is 20.8 Å². The van der Waals surface area contributed by atoms with E-state index in [4.69, 9.17) is 19.7 Å². The zero-order valence-electron chi connectivity index (χ0n) is 16.2. The monoisotopic (exact) mass is 361 g/mol. The van der Waals surface area contributed by atoms with Crippen molar-refractivity contribution in [3.63, 3.8) is 0 Å². The second-order valence-corrected chi connectivity index (χ2v) is 7.42. The molecular weight excluding hydrogens is 330 g/mol. The Labute approximate surface area is 156 Å². The third-order valence-corrected chi connectivity index (χ3v) is 5.21. The molecule has 6 heteroatoms. The molecule has 1 aromatic carbocycles. The number of azide groups is 1. The van der Waals surface area contributed by atoms with Crippen LogP contribution in [0, 0.1) is 17.8 Å². The van der Waals surface area contributed by atoms with E-state index in [9.17, 15) is 0 Å². The van der Waals surface area contributed by atoms with Gasteiger partial charge in [-0.1, -0.05) is 56.2 Å². The average molecular weight is 361 g/mol. The van der Waals surface area contributed by atoms with Gasteiger partial charge < -0.3 is 14.2 Å². The molecular formula is C20H31N3O3. The van der Waals surface area contributed by atoms with Crippen LogP contribution in [0.5, 0.6) is 0 Å². The molecule has 0 spiro atoms. The maximum absolute atomic E-state index is 8.36. The Balaban J connectivity index is 1.80. The quantitative estimate of drug-likeness (QED) is 0.366. The van der Waals surface area contributed by atoms with Crippen molar-refractivity contribution < 1.29 is 14.2 Å². The average Bonchev–Trinajstić information content (AvgIpc) is 2.64. The first kappa shape index (κ1) is 20.7. The molecule has 1 aliphatic heterocycles. The van der Waals surface area contributed by atoms with Crippen molar-refractivity contribution in [2.45, 2.75) is 52.6 Å². The van der Waals surface area contributed by atoms with Crippen LogP contribution in [0.1, 0.15) is 33.3 Å². The first-order valence-electron chi connectivity index (χ1n) is 9.42. The Morgan fingerprint density at radius 1 is 1.19 bits per heavy atom. The maximum atomic E-state index is 8.36. The van der Waals surface area contributed by atoms with Gasteiger partial charge in [0.1, 0.15) is 0 Å². The Kier molecular flexibility index (Phi) is 8.39. The summed E-state index contributed by atoms with van der Waals surface area (Å²) in [7, 11) is 0. The fourth-order valence-corrected chi connectivity index (χ4v) is 3.40. The minimum Gasteiger partial charge on any atom is -0.378 e. The van der Waals surface area contributed by atoms with Crippen LogP contribution >= 0.6 is 0 Å². The highest BCUT2D eigenvalue weighted by molar-refractivity contribution is 5.13. The zero-order valence-corrected chi connectivity index (χ0v) is 16.2. The first-order valence-corrected chi connectivity index (χ1v) is 9.42. The number of benzene rings is 1. The van der Waals surface area contributed by atoms with Crippen LogP contribution < -0.4 is 0 Å². The molecule has 0 aromatic heterocycles. The SMILES string of the molecule is CC(CN=[N+]=[N-])COCC1OC(C)C(OCc2ccccc2)[C@@H](C)[C@@H]1C. The topological polar surface area (TPSA) is 76.5 Å². The highest BCUT2D eigenvalue weighted by Gasteiger charge is 2.40. The predicted molar refractivity (Wildman–Crippen MR) is 102 cm³/mol. The summed E-state index contributed by atoms with van der Waals surface area (Å²) in [5.41, 5.74) is 9.54. The molecule has 0 bridgehead atoms. The molecule has 0 radical (unpaired) electrons. The number of ether oxygens (including phenoxy) is 3. The smallest absolute Gasteiger partial charge is 0.0867 e. The van der Waals surface area contributed by atoms with Crippen LogP contribution in [0.4, 0.5) is 0 Å². The summed E-state index contributed by atoms with van der Waals surface area (Å²) in [6.45, 7) is 10.7. The lowest BCUT2D eigenvalue weighted by Crippen LogP contribution is -2.50. The van der Waals surface area contributed by atoms with E-state index in [0.717, 1.165) is 0 Å². The third-order valence-electron chi connectivity index (χ3n) is 5.21. The van der Waals surface area contributed by atoms with E-state index in [1.165, 1.54) is 5.56 Å². The summed E-state index contributed by atoms with van der Waals surface area (Å²) in [6, 6.07) is 10.2. The summed E-state index contributed by atoms with van der Waals surface area (Å²) in [5, 5.41) is 3.58. The fourth-order valence-electron chi connectivity index (χ4n) is 3.40. The summed E-state index contributed by atoms with van der Waals surface area (Å²) in [6.07, 6.45) is 0.160. The molecule has 26 heavy (non-hydrogen) atoms. The molecule has 0 aliphatic carbocycles. The molecule has 1 aromatic rings. The van der Waals surface area contributed by atoms with Crippen molar-refractivity contribution in [2.75, 3.05) is 19.8 Å². The highest BCUT2D eigenvalue weighted by Crippen LogP contribution is 2.33. The molecule has 6 nitrogen and oxygen atoms in total. The van der Waals surface area contributed by atoms with Crippen LogP contribution in [0.15, 0.2) is 35.4 Å². The standard InChI is InChI=1S/C20H31N3O3/c1-14(10-22-23-21)11-24-13-19-15(2)16(3)20(17(4)26-19)25-12-18-8-6-5-7-9-18/h5-9,14-17,19-20H,10-13H2,1-4H3/t14?,15-,16-,17?,19?,20?/m0/s1. The maximum Gasteiger partial charge on any atom is 0.0867 e. The van der Waals surface area contributed by atoms with Crippen molar-refractivity contribution in [1.29, 1.82) is 0 Å². The van der Waals surface area contributed by atoms with E-state index >= 15 is 0 Å². The van der Waals surface area contributed by atoms with Gasteiger partial charge in [0.15, 0.2) is 0 Å². The molecule has 0 amide bonds. The van der Waals surface area contributed by atoms with Gasteiger partial charge >= 0.3 is 0 Å². The van der Waals surface area contributed by atoms with Gasteiger partial charge in [-0.25, -0.2) is 0 Å². The Morgan fingerprint density at radius 3 is 2.62 bits per heavy atom. The largest absolute Gasteiger partial charge is 0.378 e. The molecule has 1 saturated heterocycles. The van der Waals surface area contributed by atoms with E-state index < -0.39 is 0 Å². The van der Waals surface area contributed by atoms with Crippen LogP contribution in [0.2, 0.25) is 0 Å². The zero-order chi connectivity index (χ0) is 18.9. The predicted octanol–water partition coefficient (Wildman–Crippen LogP) is 4.59. The molecule has 2 rings (SSSR count). The highest BCUT2D eigenvalue weighted by atomic mass is 16.6. The Morgan fingerprint density at radius 2 is 1.92 bits per heavy atom. The van der Waals surface area contributed by atoms with Gasteiger partial charge in [0.05, 0.1) is 31.5 Å². The lowest BCUT2D eigenvalue weighted by atomic mass is 9.81. The molecule has 144 valence electrons. The summed E-state index contributed by atoms with van der Waals surface area (Å²) >= 11 is 0. The molecule has 0 saturated carbocycles. The lowest BCUT2D eigenvalue weighted by molar-refractivity contribution is -0.197. The minimum atomic E-state index is 0.0270. The third kappa shape index (κ3) is 5.99. The minimum absolute atomic E-state index is 0.0270.